The molecule has 1 aliphatic rings. The fraction of sp³-hybridized carbons (Fsp3) is 0.292. The highest BCUT2D eigenvalue weighted by molar-refractivity contribution is 14.1. The summed E-state index contributed by atoms with van der Waals surface area (Å²) in [4.78, 5) is 18.3. The zero-order valence-electron chi connectivity index (χ0n) is 17.3. The van der Waals surface area contributed by atoms with Crippen molar-refractivity contribution in [1.82, 2.24) is 19.3 Å². The van der Waals surface area contributed by atoms with Crippen molar-refractivity contribution in [3.63, 3.8) is 0 Å². The van der Waals surface area contributed by atoms with E-state index < -0.39 is 0 Å². The molecule has 0 aliphatic heterocycles. The van der Waals surface area contributed by atoms with Crippen molar-refractivity contribution in [3.05, 3.63) is 79.3 Å². The minimum Gasteiger partial charge on any atom is -0.309 e. The van der Waals surface area contributed by atoms with Crippen molar-refractivity contribution in [3.8, 4) is 11.1 Å². The molecule has 1 aliphatic carbocycles. The maximum absolute atomic E-state index is 13.8. The Labute approximate surface area is 199 Å². The summed E-state index contributed by atoms with van der Waals surface area (Å²) in [7, 11) is 1.89. The summed E-state index contributed by atoms with van der Waals surface area (Å²) >= 11 is 8.44. The van der Waals surface area contributed by atoms with Crippen LogP contribution in [0, 0.1) is 3.57 Å². The molecular weight excluding hydrogens is 523 g/mol. The molecule has 0 spiro atoms. The second kappa shape index (κ2) is 8.06. The Bertz CT molecular complexity index is 1360. The van der Waals surface area contributed by atoms with Crippen LogP contribution in [0.2, 0.25) is 5.15 Å². The summed E-state index contributed by atoms with van der Waals surface area (Å²) < 4.78 is 4.89. The van der Waals surface area contributed by atoms with Crippen molar-refractivity contribution >= 4 is 45.0 Å². The largest absolute Gasteiger partial charge is 0.309 e. The second-order valence-corrected chi connectivity index (χ2v) is 9.87. The van der Waals surface area contributed by atoms with Crippen LogP contribution in [-0.4, -0.2) is 19.3 Å². The average Bonchev–Trinajstić information content (AvgIpc) is 3.49. The van der Waals surface area contributed by atoms with Gasteiger partial charge in [-0.2, -0.15) is 5.10 Å². The third-order valence-electron chi connectivity index (χ3n) is 5.93. The summed E-state index contributed by atoms with van der Waals surface area (Å²) in [6.45, 7) is 2.17. The Kier molecular flexibility index (Phi) is 5.38. The van der Waals surface area contributed by atoms with Gasteiger partial charge in [-0.15, -0.1) is 0 Å². The predicted octanol–water partition coefficient (Wildman–Crippen LogP) is 5.74. The topological polar surface area (TPSA) is 52.7 Å². The van der Waals surface area contributed by atoms with Crippen LogP contribution < -0.4 is 5.56 Å². The Hall–Kier alpha value is -2.19. The van der Waals surface area contributed by atoms with Crippen LogP contribution in [0.4, 0.5) is 0 Å². The van der Waals surface area contributed by atoms with E-state index in [0.717, 1.165) is 56.1 Å². The normalized spacial score (nSPS) is 14.8. The number of aromatic nitrogens is 4. The summed E-state index contributed by atoms with van der Waals surface area (Å²) in [5.41, 5.74) is 4.04. The molecule has 5 rings (SSSR count). The molecule has 0 N–H and O–H groups in total. The van der Waals surface area contributed by atoms with Crippen molar-refractivity contribution < 1.29 is 0 Å². The molecule has 3 heterocycles. The van der Waals surface area contributed by atoms with Crippen molar-refractivity contribution in [1.29, 1.82) is 0 Å². The van der Waals surface area contributed by atoms with Gasteiger partial charge in [0, 0.05) is 40.0 Å². The fourth-order valence-electron chi connectivity index (χ4n) is 4.28. The Morgan fingerprint density at radius 3 is 2.77 bits per heavy atom. The molecule has 1 aromatic carbocycles. The Balaban J connectivity index is 1.66. The van der Waals surface area contributed by atoms with Gasteiger partial charge in [0.25, 0.3) is 5.56 Å². The SMILES string of the molecule is C[C@H](Cc1nc(Cl)ccc1I)c1cc2cccc(-c3cnn(C)c3)c2c(=O)n1C1CC1. The molecule has 0 saturated heterocycles. The van der Waals surface area contributed by atoms with E-state index in [1.807, 2.05) is 54.3 Å². The number of halogens is 2. The molecule has 158 valence electrons. The lowest BCUT2D eigenvalue weighted by Crippen LogP contribution is -2.25. The maximum Gasteiger partial charge on any atom is 0.259 e. The number of aryl methyl sites for hydroxylation is 1. The highest BCUT2D eigenvalue weighted by atomic mass is 127. The number of benzene rings is 1. The van der Waals surface area contributed by atoms with E-state index in [1.165, 1.54) is 0 Å². The van der Waals surface area contributed by atoms with E-state index >= 15 is 0 Å². The molecule has 31 heavy (non-hydrogen) atoms. The van der Waals surface area contributed by atoms with Crippen LogP contribution in [0.3, 0.4) is 0 Å². The van der Waals surface area contributed by atoms with Gasteiger partial charge in [0.15, 0.2) is 0 Å². The van der Waals surface area contributed by atoms with Crippen LogP contribution >= 0.6 is 34.2 Å². The van der Waals surface area contributed by atoms with Gasteiger partial charge in [0.1, 0.15) is 5.15 Å². The Morgan fingerprint density at radius 1 is 1.26 bits per heavy atom. The molecule has 7 heteroatoms. The highest BCUT2D eigenvalue weighted by Crippen LogP contribution is 2.38. The van der Waals surface area contributed by atoms with Crippen LogP contribution in [0.1, 0.15) is 43.1 Å². The van der Waals surface area contributed by atoms with Crippen molar-refractivity contribution in [2.45, 2.75) is 38.1 Å². The van der Waals surface area contributed by atoms with Crippen LogP contribution in [-0.2, 0) is 13.5 Å². The molecule has 1 saturated carbocycles. The smallest absolute Gasteiger partial charge is 0.259 e. The summed E-state index contributed by atoms with van der Waals surface area (Å²) in [6.07, 6.45) is 6.61. The molecule has 0 radical (unpaired) electrons. The third-order valence-corrected chi connectivity index (χ3v) is 7.12. The van der Waals surface area contributed by atoms with E-state index in [2.05, 4.69) is 45.7 Å². The minimum atomic E-state index is 0.0926. The first kappa shape index (κ1) is 20.7. The van der Waals surface area contributed by atoms with E-state index in [0.29, 0.717) is 5.15 Å². The number of rotatable bonds is 5. The monoisotopic (exact) mass is 544 g/mol. The zero-order valence-corrected chi connectivity index (χ0v) is 20.3. The molecule has 0 amide bonds. The number of hydrogen-bond donors (Lipinski definition) is 0. The van der Waals surface area contributed by atoms with Crippen LogP contribution in [0.15, 0.2) is 53.6 Å². The summed E-state index contributed by atoms with van der Waals surface area (Å²) in [6, 6.07) is 12.3. The standard InChI is InChI=1S/C24H22ClIN4O/c1-14(10-20-19(26)8-9-22(25)28-20)21-11-15-4-3-5-18(16-12-27-29(2)13-16)23(15)24(31)30(21)17-6-7-17/h3-5,8-9,11-14,17H,6-7,10H2,1-2H3/t14-/m1/s1. The number of pyridine rings is 2. The van der Waals surface area contributed by atoms with Gasteiger partial charge in [0.05, 0.1) is 17.3 Å². The lowest BCUT2D eigenvalue weighted by atomic mass is 9.95. The van der Waals surface area contributed by atoms with E-state index in [-0.39, 0.29) is 17.5 Å². The first-order chi connectivity index (χ1) is 14.9. The van der Waals surface area contributed by atoms with Crippen molar-refractivity contribution in [2.24, 2.45) is 7.05 Å². The maximum atomic E-state index is 13.8. The minimum absolute atomic E-state index is 0.0926. The highest BCUT2D eigenvalue weighted by Gasteiger charge is 2.30. The van der Waals surface area contributed by atoms with Gasteiger partial charge >= 0.3 is 0 Å². The summed E-state index contributed by atoms with van der Waals surface area (Å²) in [5.74, 6) is 0.138. The number of hydrogen-bond acceptors (Lipinski definition) is 3. The lowest BCUT2D eigenvalue weighted by molar-refractivity contribution is 0.601. The molecule has 5 nitrogen and oxygen atoms in total. The van der Waals surface area contributed by atoms with Gasteiger partial charge in [0.2, 0.25) is 0 Å². The van der Waals surface area contributed by atoms with Crippen LogP contribution in [0.25, 0.3) is 21.9 Å². The molecule has 0 unspecified atom stereocenters. The molecule has 4 aromatic rings. The lowest BCUT2D eigenvalue weighted by Gasteiger charge is -2.20. The fourth-order valence-corrected chi connectivity index (χ4v) is 4.97. The average molecular weight is 545 g/mol. The van der Waals surface area contributed by atoms with Gasteiger partial charge < -0.3 is 4.57 Å². The van der Waals surface area contributed by atoms with Gasteiger partial charge in [-0.3, -0.25) is 9.48 Å². The third kappa shape index (κ3) is 3.91. The van der Waals surface area contributed by atoms with E-state index in [1.54, 1.807) is 4.68 Å². The Morgan fingerprint density at radius 2 is 2.06 bits per heavy atom. The molecular formula is C24H22ClIN4O. The van der Waals surface area contributed by atoms with Crippen molar-refractivity contribution in [2.75, 3.05) is 0 Å². The predicted molar refractivity (Wildman–Crippen MR) is 133 cm³/mol. The van der Waals surface area contributed by atoms with E-state index in [9.17, 15) is 4.79 Å². The molecule has 0 bridgehead atoms. The zero-order chi connectivity index (χ0) is 21.7. The van der Waals surface area contributed by atoms with Gasteiger partial charge in [-0.1, -0.05) is 36.7 Å². The second-order valence-electron chi connectivity index (χ2n) is 8.32. The first-order valence-corrected chi connectivity index (χ1v) is 11.9. The van der Waals surface area contributed by atoms with Gasteiger partial charge in [-0.25, -0.2) is 4.98 Å². The van der Waals surface area contributed by atoms with E-state index in [4.69, 9.17) is 11.6 Å². The first-order valence-electron chi connectivity index (χ1n) is 10.4. The molecule has 1 fully saturated rings. The van der Waals surface area contributed by atoms with Gasteiger partial charge in [-0.05, 0) is 71.0 Å². The molecule has 3 aromatic heterocycles. The number of fused-ring (bicyclic) bond motifs is 1. The summed E-state index contributed by atoms with van der Waals surface area (Å²) in [5, 5.41) is 6.54. The molecule has 1 atom stereocenters. The quantitative estimate of drug-likeness (QED) is 0.238. The van der Waals surface area contributed by atoms with Crippen LogP contribution in [0.5, 0.6) is 0 Å². The number of nitrogens with zero attached hydrogens (tertiary/aromatic N) is 4.